The molecule has 3 rings (SSSR count). The van der Waals surface area contributed by atoms with Crippen molar-refractivity contribution < 1.29 is 0 Å². The highest BCUT2D eigenvalue weighted by molar-refractivity contribution is 5.79. The smallest absolute Gasteiger partial charge is 0.191 e. The number of guanidine groups is 1. The van der Waals surface area contributed by atoms with Gasteiger partial charge in [-0.1, -0.05) is 23.8 Å². The third kappa shape index (κ3) is 5.34. The molecular formula is C20H29N5. The van der Waals surface area contributed by atoms with Crippen molar-refractivity contribution in [3.63, 3.8) is 0 Å². The molecule has 25 heavy (non-hydrogen) atoms. The molecule has 1 aromatic heterocycles. The Morgan fingerprint density at radius 3 is 2.92 bits per heavy atom. The van der Waals surface area contributed by atoms with E-state index in [0.29, 0.717) is 0 Å². The minimum absolute atomic E-state index is 0.720. The number of aromatic amines is 1. The molecule has 3 N–H and O–H groups in total. The Kier molecular flexibility index (Phi) is 6.48. The Balaban J connectivity index is 1.48. The van der Waals surface area contributed by atoms with Gasteiger partial charge in [-0.2, -0.15) is 0 Å². The highest BCUT2D eigenvalue weighted by Crippen LogP contribution is 2.19. The van der Waals surface area contributed by atoms with E-state index in [0.717, 1.165) is 55.3 Å². The molecule has 134 valence electrons. The van der Waals surface area contributed by atoms with Crippen molar-refractivity contribution in [3.05, 3.63) is 41.7 Å². The fourth-order valence-corrected chi connectivity index (χ4v) is 3.21. The van der Waals surface area contributed by atoms with Gasteiger partial charge in [-0.15, -0.1) is 0 Å². The fraction of sp³-hybridized carbons (Fsp3) is 0.500. The number of hydrogen-bond acceptors (Lipinski definition) is 2. The summed E-state index contributed by atoms with van der Waals surface area (Å²) in [7, 11) is 0. The van der Waals surface area contributed by atoms with Gasteiger partial charge in [-0.25, -0.2) is 4.98 Å². The van der Waals surface area contributed by atoms with E-state index in [1.807, 2.05) is 18.2 Å². The standard InChI is InChI=1S/C20H29N5/c1-2-21-20(22-14-12-16-8-4-3-5-9-16)23-15-13-19-24-17-10-6-7-11-18(17)25-19/h6-8,10-11H,2-5,9,12-15H2,1H3,(H,24,25)(H2,21,22,23). The molecule has 0 radical (unpaired) electrons. The zero-order valence-corrected chi connectivity index (χ0v) is 15.1. The molecule has 5 heteroatoms. The number of nitrogens with one attached hydrogen (secondary N) is 3. The minimum atomic E-state index is 0.720. The lowest BCUT2D eigenvalue weighted by Crippen LogP contribution is -2.38. The van der Waals surface area contributed by atoms with E-state index in [4.69, 9.17) is 0 Å². The first-order valence-corrected chi connectivity index (χ1v) is 9.49. The predicted molar refractivity (Wildman–Crippen MR) is 105 cm³/mol. The van der Waals surface area contributed by atoms with Crippen molar-refractivity contribution in [1.29, 1.82) is 0 Å². The summed E-state index contributed by atoms with van der Waals surface area (Å²) in [5.41, 5.74) is 3.71. The number of fused-ring (bicyclic) bond motifs is 1. The Bertz CT molecular complexity index is 696. The van der Waals surface area contributed by atoms with Crippen molar-refractivity contribution >= 4 is 17.0 Å². The van der Waals surface area contributed by atoms with Crippen LogP contribution in [0.4, 0.5) is 0 Å². The second kappa shape index (κ2) is 9.25. The summed E-state index contributed by atoms with van der Waals surface area (Å²) in [6, 6.07) is 8.13. The first-order chi connectivity index (χ1) is 12.3. The number of aliphatic imine (C=N–C) groups is 1. The van der Waals surface area contributed by atoms with E-state index in [1.165, 1.54) is 25.7 Å². The van der Waals surface area contributed by atoms with E-state index in [-0.39, 0.29) is 0 Å². The quantitative estimate of drug-likeness (QED) is 0.411. The van der Waals surface area contributed by atoms with E-state index in [1.54, 1.807) is 5.57 Å². The normalized spacial score (nSPS) is 15.2. The van der Waals surface area contributed by atoms with Crippen molar-refractivity contribution in [1.82, 2.24) is 20.6 Å². The van der Waals surface area contributed by atoms with Gasteiger partial charge in [0.1, 0.15) is 5.82 Å². The number of rotatable bonds is 7. The molecular weight excluding hydrogens is 310 g/mol. The molecule has 0 aliphatic heterocycles. The molecule has 1 aliphatic carbocycles. The number of H-pyrrole nitrogens is 1. The van der Waals surface area contributed by atoms with Crippen LogP contribution in [0.1, 0.15) is 44.9 Å². The Morgan fingerprint density at radius 2 is 2.12 bits per heavy atom. The van der Waals surface area contributed by atoms with Crippen molar-refractivity contribution in [2.24, 2.45) is 4.99 Å². The van der Waals surface area contributed by atoms with Crippen LogP contribution in [0.2, 0.25) is 0 Å². The number of aromatic nitrogens is 2. The van der Waals surface area contributed by atoms with Crippen LogP contribution in [0, 0.1) is 0 Å². The SMILES string of the molecule is CCNC(=NCCc1nc2ccccc2[nH]1)NCCC1=CCCCC1. The fourth-order valence-electron chi connectivity index (χ4n) is 3.21. The topological polar surface area (TPSA) is 65.1 Å². The Labute approximate surface area is 150 Å². The number of nitrogens with zero attached hydrogens (tertiary/aromatic N) is 2. The van der Waals surface area contributed by atoms with Gasteiger partial charge in [-0.3, -0.25) is 4.99 Å². The van der Waals surface area contributed by atoms with Crippen LogP contribution in [0.25, 0.3) is 11.0 Å². The van der Waals surface area contributed by atoms with E-state index >= 15 is 0 Å². The second-order valence-electron chi connectivity index (χ2n) is 6.50. The summed E-state index contributed by atoms with van der Waals surface area (Å²) in [5, 5.41) is 6.77. The highest BCUT2D eigenvalue weighted by Gasteiger charge is 2.05. The lowest BCUT2D eigenvalue weighted by atomic mass is 9.97. The first kappa shape index (κ1) is 17.5. The van der Waals surface area contributed by atoms with Gasteiger partial charge >= 0.3 is 0 Å². The second-order valence-corrected chi connectivity index (χ2v) is 6.50. The number of benzene rings is 1. The molecule has 0 saturated heterocycles. The van der Waals surface area contributed by atoms with Gasteiger partial charge < -0.3 is 15.6 Å². The van der Waals surface area contributed by atoms with Crippen LogP contribution < -0.4 is 10.6 Å². The maximum absolute atomic E-state index is 4.68. The number of hydrogen-bond donors (Lipinski definition) is 3. The number of imidazole rings is 1. The molecule has 0 unspecified atom stereocenters. The van der Waals surface area contributed by atoms with Gasteiger partial charge in [0.25, 0.3) is 0 Å². The molecule has 1 aliphatic rings. The molecule has 0 bridgehead atoms. The summed E-state index contributed by atoms with van der Waals surface area (Å²) < 4.78 is 0. The number of para-hydroxylation sites is 2. The summed E-state index contributed by atoms with van der Waals surface area (Å²) in [4.78, 5) is 12.6. The maximum Gasteiger partial charge on any atom is 0.191 e. The third-order valence-electron chi connectivity index (χ3n) is 4.52. The van der Waals surface area contributed by atoms with Crippen LogP contribution >= 0.6 is 0 Å². The monoisotopic (exact) mass is 339 g/mol. The molecule has 2 aromatic rings. The van der Waals surface area contributed by atoms with Gasteiger partial charge in [0.05, 0.1) is 11.0 Å². The largest absolute Gasteiger partial charge is 0.357 e. The van der Waals surface area contributed by atoms with Crippen molar-refractivity contribution in [2.75, 3.05) is 19.6 Å². The van der Waals surface area contributed by atoms with Crippen LogP contribution in [-0.4, -0.2) is 35.6 Å². The summed E-state index contributed by atoms with van der Waals surface area (Å²) >= 11 is 0. The predicted octanol–water partition coefficient (Wildman–Crippen LogP) is 3.55. The first-order valence-electron chi connectivity index (χ1n) is 9.49. The Hall–Kier alpha value is -2.30. The molecule has 1 aromatic carbocycles. The lowest BCUT2D eigenvalue weighted by Gasteiger charge is -2.15. The summed E-state index contributed by atoms with van der Waals surface area (Å²) in [5.74, 6) is 1.89. The summed E-state index contributed by atoms with van der Waals surface area (Å²) in [6.07, 6.45) is 9.56. The van der Waals surface area contributed by atoms with E-state index < -0.39 is 0 Å². The molecule has 1 heterocycles. The molecule has 0 fully saturated rings. The van der Waals surface area contributed by atoms with E-state index in [9.17, 15) is 0 Å². The molecule has 0 amide bonds. The highest BCUT2D eigenvalue weighted by atomic mass is 15.2. The molecule has 5 nitrogen and oxygen atoms in total. The van der Waals surface area contributed by atoms with Crippen molar-refractivity contribution in [3.8, 4) is 0 Å². The zero-order chi connectivity index (χ0) is 17.3. The maximum atomic E-state index is 4.68. The van der Waals surface area contributed by atoms with Crippen LogP contribution in [-0.2, 0) is 6.42 Å². The zero-order valence-electron chi connectivity index (χ0n) is 15.1. The van der Waals surface area contributed by atoms with Crippen LogP contribution in [0.3, 0.4) is 0 Å². The van der Waals surface area contributed by atoms with Gasteiger partial charge in [0.2, 0.25) is 0 Å². The van der Waals surface area contributed by atoms with Crippen LogP contribution in [0.15, 0.2) is 40.9 Å². The Morgan fingerprint density at radius 1 is 1.20 bits per heavy atom. The molecule has 0 atom stereocenters. The van der Waals surface area contributed by atoms with Gasteiger partial charge in [0, 0.05) is 26.1 Å². The van der Waals surface area contributed by atoms with Gasteiger partial charge in [-0.05, 0) is 51.2 Å². The van der Waals surface area contributed by atoms with Crippen molar-refractivity contribution in [2.45, 2.75) is 45.4 Å². The average molecular weight is 339 g/mol. The van der Waals surface area contributed by atoms with Gasteiger partial charge in [0.15, 0.2) is 5.96 Å². The molecule has 0 saturated carbocycles. The molecule has 0 spiro atoms. The average Bonchev–Trinajstić information content (AvgIpc) is 3.05. The lowest BCUT2D eigenvalue weighted by molar-refractivity contribution is 0.665. The van der Waals surface area contributed by atoms with E-state index in [2.05, 4.69) is 44.7 Å². The van der Waals surface area contributed by atoms with Crippen LogP contribution in [0.5, 0.6) is 0 Å². The minimum Gasteiger partial charge on any atom is -0.357 e. The summed E-state index contributed by atoms with van der Waals surface area (Å²) in [6.45, 7) is 4.64. The third-order valence-corrected chi connectivity index (χ3v) is 4.52. The number of allylic oxidation sites excluding steroid dienone is 1.